The van der Waals surface area contributed by atoms with Gasteiger partial charge in [-0.2, -0.15) is 0 Å². The monoisotopic (exact) mass is 466 g/mol. The average Bonchev–Trinajstić information content (AvgIpc) is 3.05. The number of hydrogen-bond acceptors (Lipinski definition) is 4. The molecular weight excluding hydrogens is 427 g/mol. The minimum atomic E-state index is 0. The molecule has 0 spiro atoms. The van der Waals surface area contributed by atoms with Crippen molar-refractivity contribution in [2.75, 3.05) is 66.0 Å². The second-order valence-electron chi connectivity index (χ2n) is 7.21. The maximum atomic E-state index is 4.84. The Hall–Kier alpha value is -0.120. The van der Waals surface area contributed by atoms with Gasteiger partial charge in [0.15, 0.2) is 5.96 Å². The lowest BCUT2D eigenvalue weighted by atomic mass is 10.2. The Morgan fingerprint density at radius 3 is 2.48 bits per heavy atom. The second-order valence-corrected chi connectivity index (χ2v) is 7.21. The van der Waals surface area contributed by atoms with E-state index in [-0.39, 0.29) is 24.0 Å². The summed E-state index contributed by atoms with van der Waals surface area (Å²) in [5, 5.41) is 6.96. The first-order valence-corrected chi connectivity index (χ1v) is 9.82. The molecular formula is C18H39IN6. The van der Waals surface area contributed by atoms with Crippen molar-refractivity contribution in [3.8, 4) is 0 Å². The van der Waals surface area contributed by atoms with Gasteiger partial charge in [0.25, 0.3) is 0 Å². The van der Waals surface area contributed by atoms with Crippen LogP contribution in [0.15, 0.2) is 4.99 Å². The van der Waals surface area contributed by atoms with Gasteiger partial charge in [-0.3, -0.25) is 14.8 Å². The Morgan fingerprint density at radius 1 is 1.12 bits per heavy atom. The van der Waals surface area contributed by atoms with Crippen LogP contribution >= 0.6 is 24.0 Å². The van der Waals surface area contributed by atoms with Crippen molar-refractivity contribution in [3.63, 3.8) is 0 Å². The van der Waals surface area contributed by atoms with E-state index in [9.17, 15) is 0 Å². The number of piperazine rings is 1. The topological polar surface area (TPSA) is 46.1 Å². The number of likely N-dealkylation sites (N-methyl/N-ethyl adjacent to an activating group) is 2. The number of rotatable bonds is 7. The summed E-state index contributed by atoms with van der Waals surface area (Å²) in [4.78, 5) is 12.4. The van der Waals surface area contributed by atoms with Gasteiger partial charge in [0, 0.05) is 51.4 Å². The first-order valence-electron chi connectivity index (χ1n) is 9.82. The lowest BCUT2D eigenvalue weighted by Crippen LogP contribution is -2.49. The van der Waals surface area contributed by atoms with Crippen LogP contribution in [0.1, 0.15) is 33.6 Å². The van der Waals surface area contributed by atoms with E-state index in [0.29, 0.717) is 12.1 Å². The van der Waals surface area contributed by atoms with Crippen LogP contribution in [0.4, 0.5) is 0 Å². The molecule has 2 unspecified atom stereocenters. The van der Waals surface area contributed by atoms with Gasteiger partial charge in [-0.1, -0.05) is 6.92 Å². The molecule has 0 bridgehead atoms. The van der Waals surface area contributed by atoms with Crippen LogP contribution < -0.4 is 10.6 Å². The van der Waals surface area contributed by atoms with Crippen LogP contribution in [0.3, 0.4) is 0 Å². The van der Waals surface area contributed by atoms with E-state index >= 15 is 0 Å². The maximum absolute atomic E-state index is 4.84. The Morgan fingerprint density at radius 2 is 1.84 bits per heavy atom. The zero-order valence-electron chi connectivity index (χ0n) is 16.6. The third kappa shape index (κ3) is 7.56. The van der Waals surface area contributed by atoms with Crippen LogP contribution in [0, 0.1) is 0 Å². The van der Waals surface area contributed by atoms with Crippen LogP contribution in [-0.4, -0.2) is 98.7 Å². The van der Waals surface area contributed by atoms with E-state index in [2.05, 4.69) is 53.2 Å². The molecule has 0 radical (unpaired) electrons. The van der Waals surface area contributed by atoms with E-state index in [0.717, 1.165) is 45.2 Å². The highest BCUT2D eigenvalue weighted by atomic mass is 127. The van der Waals surface area contributed by atoms with Crippen molar-refractivity contribution in [1.29, 1.82) is 0 Å². The number of nitrogens with one attached hydrogen (secondary N) is 2. The minimum absolute atomic E-state index is 0. The smallest absolute Gasteiger partial charge is 0.191 e. The van der Waals surface area contributed by atoms with Crippen molar-refractivity contribution in [2.24, 2.45) is 4.99 Å². The Balaban J connectivity index is 0.00000312. The van der Waals surface area contributed by atoms with Gasteiger partial charge in [0.2, 0.25) is 0 Å². The Bertz CT molecular complexity index is 384. The molecule has 2 aliphatic rings. The first-order chi connectivity index (χ1) is 11.6. The van der Waals surface area contributed by atoms with Gasteiger partial charge in [-0.25, -0.2) is 0 Å². The van der Waals surface area contributed by atoms with E-state index in [1.54, 1.807) is 0 Å². The highest BCUT2D eigenvalue weighted by Gasteiger charge is 2.23. The average molecular weight is 466 g/mol. The molecule has 7 heteroatoms. The van der Waals surface area contributed by atoms with Crippen molar-refractivity contribution in [3.05, 3.63) is 0 Å². The maximum Gasteiger partial charge on any atom is 0.191 e. The molecule has 0 aliphatic carbocycles. The van der Waals surface area contributed by atoms with Gasteiger partial charge in [0.05, 0.1) is 6.54 Å². The number of nitrogens with zero attached hydrogens (tertiary/aromatic N) is 4. The van der Waals surface area contributed by atoms with E-state index in [4.69, 9.17) is 4.99 Å². The summed E-state index contributed by atoms with van der Waals surface area (Å²) in [5.41, 5.74) is 0. The molecule has 2 saturated heterocycles. The van der Waals surface area contributed by atoms with Crippen LogP contribution in [0.2, 0.25) is 0 Å². The molecule has 2 heterocycles. The van der Waals surface area contributed by atoms with Crippen molar-refractivity contribution in [2.45, 2.75) is 45.7 Å². The van der Waals surface area contributed by atoms with Crippen molar-refractivity contribution >= 4 is 29.9 Å². The quantitative estimate of drug-likeness (QED) is 0.336. The normalized spacial score (nSPS) is 24.8. The number of hydrogen-bond donors (Lipinski definition) is 2. The fourth-order valence-corrected chi connectivity index (χ4v) is 3.70. The predicted octanol–water partition coefficient (Wildman–Crippen LogP) is 1.28. The Labute approximate surface area is 171 Å². The molecule has 0 amide bonds. The summed E-state index contributed by atoms with van der Waals surface area (Å²) in [6.45, 7) is 16.5. The largest absolute Gasteiger partial charge is 0.357 e. The molecule has 148 valence electrons. The zero-order valence-corrected chi connectivity index (χ0v) is 19.0. The molecule has 2 fully saturated rings. The lowest BCUT2D eigenvalue weighted by Gasteiger charge is -2.36. The predicted molar refractivity (Wildman–Crippen MR) is 118 cm³/mol. The van der Waals surface area contributed by atoms with Gasteiger partial charge in [0.1, 0.15) is 0 Å². The summed E-state index contributed by atoms with van der Waals surface area (Å²) in [6.07, 6.45) is 2.63. The van der Waals surface area contributed by atoms with Gasteiger partial charge >= 0.3 is 0 Å². The van der Waals surface area contributed by atoms with E-state index in [1.807, 2.05) is 0 Å². The Kier molecular flexibility index (Phi) is 11.3. The fraction of sp³-hybridized carbons (Fsp3) is 0.944. The molecule has 2 rings (SSSR count). The molecule has 0 saturated carbocycles. The van der Waals surface area contributed by atoms with Crippen LogP contribution in [0.5, 0.6) is 0 Å². The third-order valence-corrected chi connectivity index (χ3v) is 5.43. The third-order valence-electron chi connectivity index (χ3n) is 5.43. The standard InChI is InChI=1S/C18H38N6.HI/c1-5-19-18(21-15-17-8-7-9-23(17)6-2)20-14-16(3)24-12-10-22(4)11-13-24;/h16-17H,5-15H2,1-4H3,(H2,19,20,21);1H. The summed E-state index contributed by atoms with van der Waals surface area (Å²) < 4.78 is 0. The number of aliphatic imine (C=N–C) groups is 1. The molecule has 2 N–H and O–H groups in total. The fourth-order valence-electron chi connectivity index (χ4n) is 3.70. The van der Waals surface area contributed by atoms with Gasteiger partial charge in [-0.15, -0.1) is 24.0 Å². The zero-order chi connectivity index (χ0) is 17.4. The molecule has 2 atom stereocenters. The SMILES string of the molecule is CCNC(=NCC(C)N1CCN(C)CC1)NCC1CCCN1CC.I. The highest BCUT2D eigenvalue weighted by Crippen LogP contribution is 2.15. The lowest BCUT2D eigenvalue weighted by molar-refractivity contribution is 0.122. The van der Waals surface area contributed by atoms with E-state index < -0.39 is 0 Å². The van der Waals surface area contributed by atoms with Crippen LogP contribution in [-0.2, 0) is 0 Å². The van der Waals surface area contributed by atoms with E-state index in [1.165, 1.54) is 32.5 Å². The van der Waals surface area contributed by atoms with Crippen LogP contribution in [0.25, 0.3) is 0 Å². The molecule has 0 aromatic heterocycles. The molecule has 25 heavy (non-hydrogen) atoms. The van der Waals surface area contributed by atoms with Gasteiger partial charge in [-0.05, 0) is 46.8 Å². The first kappa shape index (κ1) is 22.9. The summed E-state index contributed by atoms with van der Waals surface area (Å²) in [6, 6.07) is 1.17. The minimum Gasteiger partial charge on any atom is -0.357 e. The van der Waals surface area contributed by atoms with Gasteiger partial charge < -0.3 is 15.5 Å². The summed E-state index contributed by atoms with van der Waals surface area (Å²) in [5.74, 6) is 0.974. The summed E-state index contributed by atoms with van der Waals surface area (Å²) >= 11 is 0. The molecule has 6 nitrogen and oxygen atoms in total. The second kappa shape index (κ2) is 12.3. The number of likely N-dealkylation sites (tertiary alicyclic amines) is 1. The molecule has 0 aromatic rings. The van der Waals surface area contributed by atoms with Crippen molar-refractivity contribution < 1.29 is 0 Å². The highest BCUT2D eigenvalue weighted by molar-refractivity contribution is 14.0. The van der Waals surface area contributed by atoms with Crippen molar-refractivity contribution in [1.82, 2.24) is 25.3 Å². The molecule has 0 aromatic carbocycles. The number of halogens is 1. The summed E-state index contributed by atoms with van der Waals surface area (Å²) in [7, 11) is 2.20. The number of guanidine groups is 1. The molecule has 2 aliphatic heterocycles.